The molecule has 2 heterocycles. The molecule has 188 valence electrons. The molecule has 0 amide bonds. The Balaban J connectivity index is 1.85. The Morgan fingerprint density at radius 1 is 0.972 bits per heavy atom. The van der Waals surface area contributed by atoms with Gasteiger partial charge in [0.25, 0.3) is 10.0 Å². The fraction of sp³-hybridized carbons (Fsp3) is 0.174. The molecule has 0 spiro atoms. The molecule has 8 nitrogen and oxygen atoms in total. The smallest absolute Gasteiger partial charge is 0.267 e. The average molecular weight is 535 g/mol. The number of sulfonamides is 1. The summed E-state index contributed by atoms with van der Waals surface area (Å²) in [6.07, 6.45) is 1.47. The van der Waals surface area contributed by atoms with Crippen LogP contribution in [0.15, 0.2) is 53.6 Å². The maximum Gasteiger partial charge on any atom is 0.267 e. The van der Waals surface area contributed by atoms with E-state index in [4.69, 9.17) is 5.84 Å². The second kappa shape index (κ2) is 9.48. The van der Waals surface area contributed by atoms with Gasteiger partial charge in [0.2, 0.25) is 5.95 Å². The first-order chi connectivity index (χ1) is 16.9. The van der Waals surface area contributed by atoms with E-state index in [0.29, 0.717) is 15.6 Å². The molecule has 0 fully saturated rings. The number of anilines is 2. The van der Waals surface area contributed by atoms with E-state index in [1.165, 1.54) is 29.7 Å². The van der Waals surface area contributed by atoms with Gasteiger partial charge in [0, 0.05) is 17.2 Å². The normalized spacial score (nSPS) is 12.0. The topological polar surface area (TPSA) is 123 Å². The summed E-state index contributed by atoms with van der Waals surface area (Å²) in [6.45, 7) is 5.82. The van der Waals surface area contributed by atoms with E-state index in [1.807, 2.05) is 25.5 Å². The summed E-state index contributed by atoms with van der Waals surface area (Å²) in [6, 6.07) is 8.20. The van der Waals surface area contributed by atoms with Crippen molar-refractivity contribution < 1.29 is 21.6 Å². The van der Waals surface area contributed by atoms with Gasteiger partial charge >= 0.3 is 0 Å². The fourth-order valence-corrected chi connectivity index (χ4v) is 5.59. The van der Waals surface area contributed by atoms with Crippen molar-refractivity contribution in [3.63, 3.8) is 0 Å². The first kappa shape index (κ1) is 25.5. The molecule has 0 aliphatic heterocycles. The van der Waals surface area contributed by atoms with E-state index < -0.39 is 43.5 Å². The number of nitrogens with one attached hydrogen (secondary N) is 2. The molecule has 0 aliphatic carbocycles. The molecule has 4 aromatic rings. The monoisotopic (exact) mass is 534 g/mol. The third kappa shape index (κ3) is 4.90. The van der Waals surface area contributed by atoms with E-state index >= 15 is 4.39 Å². The minimum atomic E-state index is -4.79. The third-order valence-electron chi connectivity index (χ3n) is 4.97. The largest absolute Gasteiger partial charge is 0.292 e. The number of thiazole rings is 1. The summed E-state index contributed by atoms with van der Waals surface area (Å²) in [5.41, 5.74) is 2.05. The Bertz CT molecular complexity index is 1530. The summed E-state index contributed by atoms with van der Waals surface area (Å²) >= 11 is 1.29. The average Bonchev–Trinajstić information content (AvgIpc) is 3.26. The van der Waals surface area contributed by atoms with Crippen molar-refractivity contribution in [1.29, 1.82) is 0 Å². The van der Waals surface area contributed by atoms with Crippen LogP contribution in [0.3, 0.4) is 0 Å². The predicted molar refractivity (Wildman–Crippen MR) is 132 cm³/mol. The molecule has 13 heteroatoms. The highest BCUT2D eigenvalue weighted by Gasteiger charge is 2.28. The maximum atomic E-state index is 15.7. The molecule has 2 aromatic heterocycles. The first-order valence-electron chi connectivity index (χ1n) is 10.5. The van der Waals surface area contributed by atoms with Gasteiger partial charge in [0.1, 0.15) is 11.6 Å². The third-order valence-corrected chi connectivity index (χ3v) is 7.89. The molecular formula is C23H21F3N6O2S2. The zero-order chi connectivity index (χ0) is 26.3. The number of nitrogen functional groups attached to an aromatic ring is 1. The van der Waals surface area contributed by atoms with Crippen LogP contribution >= 0.6 is 11.3 Å². The number of benzene rings is 2. The van der Waals surface area contributed by atoms with Gasteiger partial charge in [-0.3, -0.25) is 10.1 Å². The van der Waals surface area contributed by atoms with Gasteiger partial charge in [0.15, 0.2) is 10.7 Å². The molecule has 4 rings (SSSR count). The number of nitrogens with zero attached hydrogens (tertiary/aromatic N) is 3. The van der Waals surface area contributed by atoms with Crippen LogP contribution in [0, 0.1) is 17.5 Å². The molecule has 0 unspecified atom stereocenters. The van der Waals surface area contributed by atoms with E-state index in [9.17, 15) is 17.2 Å². The number of hydrazine groups is 1. The molecule has 2 aromatic carbocycles. The van der Waals surface area contributed by atoms with Crippen LogP contribution in [0.4, 0.5) is 24.8 Å². The molecule has 0 saturated carbocycles. The molecule has 4 N–H and O–H groups in total. The lowest BCUT2D eigenvalue weighted by Gasteiger charge is -2.14. The molecular weight excluding hydrogens is 513 g/mol. The maximum absolute atomic E-state index is 15.7. The van der Waals surface area contributed by atoms with Crippen LogP contribution in [0.1, 0.15) is 25.8 Å². The van der Waals surface area contributed by atoms with E-state index in [1.54, 1.807) is 6.07 Å². The van der Waals surface area contributed by atoms with Crippen LogP contribution in [-0.4, -0.2) is 23.4 Å². The number of hydrogen-bond acceptors (Lipinski definition) is 8. The van der Waals surface area contributed by atoms with Crippen LogP contribution in [0.2, 0.25) is 0 Å². The lowest BCUT2D eigenvalue weighted by Crippen LogP contribution is -2.17. The van der Waals surface area contributed by atoms with Gasteiger partial charge in [-0.1, -0.05) is 32.9 Å². The zero-order valence-corrected chi connectivity index (χ0v) is 20.9. The second-order valence-electron chi connectivity index (χ2n) is 8.68. The Labute approximate surface area is 209 Å². The number of halogens is 3. The van der Waals surface area contributed by atoms with Crippen molar-refractivity contribution >= 4 is 33.0 Å². The van der Waals surface area contributed by atoms with Gasteiger partial charge in [-0.15, -0.1) is 11.3 Å². The summed E-state index contributed by atoms with van der Waals surface area (Å²) in [7, 11) is -4.79. The Morgan fingerprint density at radius 3 is 2.28 bits per heavy atom. The molecule has 0 bridgehead atoms. The Kier molecular flexibility index (Phi) is 6.73. The van der Waals surface area contributed by atoms with E-state index in [0.717, 1.165) is 24.3 Å². The van der Waals surface area contributed by atoms with Gasteiger partial charge in [-0.25, -0.2) is 42.4 Å². The number of aromatic nitrogens is 3. The summed E-state index contributed by atoms with van der Waals surface area (Å²) in [4.78, 5) is 12.2. The van der Waals surface area contributed by atoms with Gasteiger partial charge in [-0.2, -0.15) is 0 Å². The molecule has 0 radical (unpaired) electrons. The van der Waals surface area contributed by atoms with Crippen molar-refractivity contribution in [2.45, 2.75) is 31.1 Å². The van der Waals surface area contributed by atoms with Crippen molar-refractivity contribution in [3.05, 3.63) is 71.1 Å². The molecule has 0 atom stereocenters. The minimum absolute atomic E-state index is 0.0353. The van der Waals surface area contributed by atoms with Gasteiger partial charge in [-0.05, 0) is 30.3 Å². The first-order valence-corrected chi connectivity index (χ1v) is 12.8. The summed E-state index contributed by atoms with van der Waals surface area (Å²) in [5, 5.41) is 0.673. The Hall–Kier alpha value is -3.55. The second-order valence-corrected chi connectivity index (χ2v) is 11.3. The van der Waals surface area contributed by atoms with Crippen molar-refractivity contribution in [1.82, 2.24) is 15.0 Å². The number of hydrogen-bond donors (Lipinski definition) is 3. The standard InChI is InChI=1S/C23H21F3N6O2S2/c1-23(2,3)21-30-18(19(35-21)16-10-11-28-22(29-16)31-27)12-6-4-9-15(17(12)26)32-36(33,34)20-13(24)7-5-8-14(20)25/h4-11,32H,27H2,1-3H3,(H,28,29,31). The van der Waals surface area contributed by atoms with Crippen molar-refractivity contribution in [2.24, 2.45) is 5.84 Å². The Morgan fingerprint density at radius 2 is 1.64 bits per heavy atom. The zero-order valence-electron chi connectivity index (χ0n) is 19.3. The highest BCUT2D eigenvalue weighted by Crippen LogP contribution is 2.42. The number of nitrogens with two attached hydrogens (primary N) is 1. The minimum Gasteiger partial charge on any atom is -0.292 e. The molecule has 0 aliphatic rings. The van der Waals surface area contributed by atoms with E-state index in [-0.39, 0.29) is 17.2 Å². The van der Waals surface area contributed by atoms with Gasteiger partial charge in [0.05, 0.1) is 27.0 Å². The SMILES string of the molecule is CC(C)(C)c1nc(-c2cccc(NS(=O)(=O)c3c(F)cccc3F)c2F)c(-c2ccnc(NN)n2)s1. The predicted octanol–water partition coefficient (Wildman–Crippen LogP) is 5.07. The lowest BCUT2D eigenvalue weighted by atomic mass is 9.98. The van der Waals surface area contributed by atoms with Crippen LogP contribution in [0.5, 0.6) is 0 Å². The summed E-state index contributed by atoms with van der Waals surface area (Å²) in [5.74, 6) is 1.98. The van der Waals surface area contributed by atoms with Crippen LogP contribution in [0.25, 0.3) is 21.8 Å². The summed E-state index contributed by atoms with van der Waals surface area (Å²) < 4.78 is 71.4. The quantitative estimate of drug-likeness (QED) is 0.233. The van der Waals surface area contributed by atoms with Crippen molar-refractivity contribution in [3.8, 4) is 21.8 Å². The van der Waals surface area contributed by atoms with E-state index in [2.05, 4.69) is 20.4 Å². The lowest BCUT2D eigenvalue weighted by molar-refractivity contribution is 0.521. The highest BCUT2D eigenvalue weighted by molar-refractivity contribution is 7.92. The van der Waals surface area contributed by atoms with Crippen LogP contribution in [-0.2, 0) is 15.4 Å². The van der Waals surface area contributed by atoms with Crippen LogP contribution < -0.4 is 16.0 Å². The van der Waals surface area contributed by atoms with Gasteiger partial charge < -0.3 is 0 Å². The molecule has 36 heavy (non-hydrogen) atoms. The fourth-order valence-electron chi connectivity index (χ4n) is 3.28. The molecule has 0 saturated heterocycles. The highest BCUT2D eigenvalue weighted by atomic mass is 32.2. The van der Waals surface area contributed by atoms with Crippen molar-refractivity contribution in [2.75, 3.05) is 10.1 Å². The number of rotatable bonds is 6.